The molecular weight excluding hydrogens is 310 g/mol. The van der Waals surface area contributed by atoms with Crippen LogP contribution in [0.3, 0.4) is 0 Å². The Morgan fingerprint density at radius 1 is 1.09 bits per heavy atom. The Balaban J connectivity index is 2.31. The van der Waals surface area contributed by atoms with Gasteiger partial charge in [-0.15, -0.1) is 0 Å². The molecule has 0 fully saturated rings. The molecule has 1 atom stereocenters. The van der Waals surface area contributed by atoms with Crippen LogP contribution >= 0.6 is 11.6 Å². The van der Waals surface area contributed by atoms with Crippen molar-refractivity contribution < 1.29 is 4.79 Å². The molecule has 1 rings (SSSR count). The Morgan fingerprint density at radius 2 is 1.65 bits per heavy atom. The normalized spacial score (nSPS) is 12.9. The maximum absolute atomic E-state index is 12.0. The van der Waals surface area contributed by atoms with Crippen LogP contribution in [0, 0.1) is 0 Å². The molecule has 4 nitrogen and oxygen atoms in total. The fourth-order valence-corrected chi connectivity index (χ4v) is 2.77. The molecule has 0 radical (unpaired) electrons. The highest BCUT2D eigenvalue weighted by Gasteiger charge is 2.14. The zero-order chi connectivity index (χ0) is 17.4. The van der Waals surface area contributed by atoms with Crippen LogP contribution in [-0.4, -0.2) is 42.0 Å². The van der Waals surface area contributed by atoms with E-state index in [0.717, 1.165) is 18.8 Å². The van der Waals surface area contributed by atoms with Gasteiger partial charge in [-0.05, 0) is 58.9 Å². The summed E-state index contributed by atoms with van der Waals surface area (Å²) in [6.07, 6.45) is 0.450. The Bertz CT molecular complexity index is 466. The third-order valence-electron chi connectivity index (χ3n) is 3.81. The second-order valence-electron chi connectivity index (χ2n) is 6.54. The molecule has 1 aromatic carbocycles. The summed E-state index contributed by atoms with van der Waals surface area (Å²) in [7, 11) is 0. The molecule has 0 bridgehead atoms. The van der Waals surface area contributed by atoms with Gasteiger partial charge in [-0.1, -0.05) is 11.6 Å². The van der Waals surface area contributed by atoms with E-state index in [1.807, 2.05) is 19.1 Å². The standard InChI is InChI=1S/C18H30ClN3O/c1-13(2)22(14(3)4)11-10-20-15(5)12-18(23)21-17-8-6-16(19)7-9-17/h6-9,13-15,20H,10-12H2,1-5H3,(H,21,23). The number of nitrogens with zero attached hydrogens (tertiary/aromatic N) is 1. The van der Waals surface area contributed by atoms with Crippen molar-refractivity contribution in [3.8, 4) is 0 Å². The number of rotatable bonds is 9. The number of benzene rings is 1. The molecule has 2 N–H and O–H groups in total. The molecule has 0 saturated heterocycles. The molecule has 0 aliphatic heterocycles. The van der Waals surface area contributed by atoms with Crippen LogP contribution in [0.1, 0.15) is 41.0 Å². The third-order valence-corrected chi connectivity index (χ3v) is 4.06. The summed E-state index contributed by atoms with van der Waals surface area (Å²) in [6.45, 7) is 12.7. The lowest BCUT2D eigenvalue weighted by Crippen LogP contribution is -2.43. The van der Waals surface area contributed by atoms with Gasteiger partial charge in [-0.3, -0.25) is 9.69 Å². The Hall–Kier alpha value is -1.10. The fourth-order valence-electron chi connectivity index (χ4n) is 2.65. The van der Waals surface area contributed by atoms with E-state index in [2.05, 4.69) is 43.2 Å². The molecule has 1 aromatic rings. The van der Waals surface area contributed by atoms with E-state index >= 15 is 0 Å². The van der Waals surface area contributed by atoms with Gasteiger partial charge in [0.25, 0.3) is 0 Å². The van der Waals surface area contributed by atoms with Gasteiger partial charge < -0.3 is 10.6 Å². The number of carbonyl (C=O) groups excluding carboxylic acids is 1. The van der Waals surface area contributed by atoms with Crippen molar-refractivity contribution >= 4 is 23.2 Å². The second-order valence-corrected chi connectivity index (χ2v) is 6.98. The molecule has 1 unspecified atom stereocenters. The first-order valence-electron chi connectivity index (χ1n) is 8.34. The minimum absolute atomic E-state index is 0.0110. The van der Waals surface area contributed by atoms with Crippen molar-refractivity contribution in [1.82, 2.24) is 10.2 Å². The number of carbonyl (C=O) groups is 1. The minimum Gasteiger partial charge on any atom is -0.326 e. The lowest BCUT2D eigenvalue weighted by molar-refractivity contribution is -0.116. The summed E-state index contributed by atoms with van der Waals surface area (Å²) >= 11 is 5.83. The van der Waals surface area contributed by atoms with Gasteiger partial charge in [-0.2, -0.15) is 0 Å². The van der Waals surface area contributed by atoms with Gasteiger partial charge >= 0.3 is 0 Å². The largest absolute Gasteiger partial charge is 0.326 e. The molecule has 23 heavy (non-hydrogen) atoms. The van der Waals surface area contributed by atoms with E-state index in [4.69, 9.17) is 11.6 Å². The molecular formula is C18H30ClN3O. The highest BCUT2D eigenvalue weighted by Crippen LogP contribution is 2.13. The average molecular weight is 340 g/mol. The van der Waals surface area contributed by atoms with Gasteiger partial charge in [0.1, 0.15) is 0 Å². The molecule has 130 valence electrons. The van der Waals surface area contributed by atoms with E-state index < -0.39 is 0 Å². The summed E-state index contributed by atoms with van der Waals surface area (Å²) in [4.78, 5) is 14.5. The van der Waals surface area contributed by atoms with Gasteiger partial charge in [0.15, 0.2) is 0 Å². The first-order chi connectivity index (χ1) is 10.8. The highest BCUT2D eigenvalue weighted by atomic mass is 35.5. The van der Waals surface area contributed by atoms with Gasteiger partial charge in [0, 0.05) is 48.3 Å². The van der Waals surface area contributed by atoms with Crippen LogP contribution in [0.2, 0.25) is 5.02 Å². The summed E-state index contributed by atoms with van der Waals surface area (Å²) in [5, 5.41) is 6.98. The van der Waals surface area contributed by atoms with Crippen LogP contribution in [-0.2, 0) is 4.79 Å². The van der Waals surface area contributed by atoms with E-state index in [0.29, 0.717) is 23.5 Å². The summed E-state index contributed by atoms with van der Waals surface area (Å²) in [6, 6.07) is 8.35. The lowest BCUT2D eigenvalue weighted by atomic mass is 10.2. The molecule has 0 aliphatic rings. The smallest absolute Gasteiger partial charge is 0.225 e. The van der Waals surface area contributed by atoms with Crippen LogP contribution in [0.25, 0.3) is 0 Å². The van der Waals surface area contributed by atoms with Crippen LogP contribution in [0.15, 0.2) is 24.3 Å². The van der Waals surface area contributed by atoms with Crippen molar-refractivity contribution in [3.05, 3.63) is 29.3 Å². The molecule has 0 aliphatic carbocycles. The molecule has 1 amide bonds. The maximum atomic E-state index is 12.0. The quantitative estimate of drug-likeness (QED) is 0.720. The van der Waals surface area contributed by atoms with E-state index in [1.165, 1.54) is 0 Å². The van der Waals surface area contributed by atoms with Crippen LogP contribution < -0.4 is 10.6 Å². The van der Waals surface area contributed by atoms with Crippen molar-refractivity contribution in [3.63, 3.8) is 0 Å². The zero-order valence-corrected chi connectivity index (χ0v) is 15.7. The number of nitrogens with one attached hydrogen (secondary N) is 2. The first-order valence-corrected chi connectivity index (χ1v) is 8.72. The average Bonchev–Trinajstić information content (AvgIpc) is 2.45. The maximum Gasteiger partial charge on any atom is 0.225 e. The van der Waals surface area contributed by atoms with Crippen molar-refractivity contribution in [2.24, 2.45) is 0 Å². The third kappa shape index (κ3) is 7.82. The topological polar surface area (TPSA) is 44.4 Å². The van der Waals surface area contributed by atoms with Crippen molar-refractivity contribution in [2.45, 2.75) is 59.2 Å². The van der Waals surface area contributed by atoms with E-state index in [9.17, 15) is 4.79 Å². The molecule has 0 saturated carbocycles. The van der Waals surface area contributed by atoms with E-state index in [-0.39, 0.29) is 11.9 Å². The number of amides is 1. The minimum atomic E-state index is 0.0110. The monoisotopic (exact) mass is 339 g/mol. The molecule has 0 spiro atoms. The van der Waals surface area contributed by atoms with Crippen LogP contribution in [0.5, 0.6) is 0 Å². The Labute approximate surface area is 145 Å². The van der Waals surface area contributed by atoms with Gasteiger partial charge in [0.2, 0.25) is 5.91 Å². The van der Waals surface area contributed by atoms with Crippen LogP contribution in [0.4, 0.5) is 5.69 Å². The number of hydrogen-bond acceptors (Lipinski definition) is 3. The van der Waals surface area contributed by atoms with E-state index in [1.54, 1.807) is 12.1 Å². The number of halogens is 1. The highest BCUT2D eigenvalue weighted by molar-refractivity contribution is 6.30. The predicted molar refractivity (Wildman–Crippen MR) is 99.1 cm³/mol. The predicted octanol–water partition coefficient (Wildman–Crippen LogP) is 3.77. The Kier molecular flexibility index (Phi) is 8.59. The Morgan fingerprint density at radius 3 is 2.17 bits per heavy atom. The zero-order valence-electron chi connectivity index (χ0n) is 14.9. The number of hydrogen-bond donors (Lipinski definition) is 2. The molecule has 5 heteroatoms. The van der Waals surface area contributed by atoms with Gasteiger partial charge in [-0.25, -0.2) is 0 Å². The first kappa shape index (κ1) is 19.9. The SMILES string of the molecule is CC(CC(=O)Nc1ccc(Cl)cc1)NCCN(C(C)C)C(C)C. The second kappa shape index (κ2) is 9.91. The molecule has 0 aromatic heterocycles. The molecule has 0 heterocycles. The summed E-state index contributed by atoms with van der Waals surface area (Å²) in [5.41, 5.74) is 0.775. The number of anilines is 1. The lowest BCUT2D eigenvalue weighted by Gasteiger charge is -2.31. The van der Waals surface area contributed by atoms with Gasteiger partial charge in [0.05, 0.1) is 0 Å². The fraction of sp³-hybridized carbons (Fsp3) is 0.611. The van der Waals surface area contributed by atoms with Crippen molar-refractivity contribution in [2.75, 3.05) is 18.4 Å². The summed E-state index contributed by atoms with van der Waals surface area (Å²) < 4.78 is 0. The van der Waals surface area contributed by atoms with Crippen molar-refractivity contribution in [1.29, 1.82) is 0 Å². The summed E-state index contributed by atoms with van der Waals surface area (Å²) in [5.74, 6) is 0.0110.